The molecule has 0 amide bonds. The van der Waals surface area contributed by atoms with E-state index in [1.165, 1.54) is 24.3 Å². The molecule has 0 spiro atoms. The molecule has 1 aliphatic rings. The lowest BCUT2D eigenvalue weighted by Gasteiger charge is -2.31. The first kappa shape index (κ1) is 16.2. The van der Waals surface area contributed by atoms with Crippen molar-refractivity contribution in [3.8, 4) is 5.75 Å². The largest absolute Gasteiger partial charge is 0.488 e. The van der Waals surface area contributed by atoms with Crippen LogP contribution in [0, 0.1) is 11.6 Å². The second kappa shape index (κ2) is 5.74. The third kappa shape index (κ3) is 2.69. The Morgan fingerprint density at radius 2 is 1.70 bits per heavy atom. The number of fused-ring (bicyclic) bond motifs is 1. The number of hydrogen-bond acceptors (Lipinski definition) is 4. The van der Waals surface area contributed by atoms with Gasteiger partial charge in [0.1, 0.15) is 17.7 Å². The fraction of sp³-hybridized carbons (Fsp3) is 0.200. The van der Waals surface area contributed by atoms with Gasteiger partial charge in [-0.15, -0.1) is 0 Å². The molecule has 1 heterocycles. The van der Waals surface area contributed by atoms with Crippen LogP contribution in [0.2, 0.25) is 5.02 Å². The van der Waals surface area contributed by atoms with Crippen molar-refractivity contribution in [1.29, 1.82) is 0 Å². The predicted molar refractivity (Wildman–Crippen MR) is 81.2 cm³/mol. The number of rotatable bonds is 2. The van der Waals surface area contributed by atoms with Gasteiger partial charge in [0.25, 0.3) is 0 Å². The van der Waals surface area contributed by atoms with Crippen LogP contribution in [0.3, 0.4) is 0 Å². The molecule has 2 aromatic rings. The second-order valence-corrected chi connectivity index (χ2v) is 7.67. The third-order valence-electron chi connectivity index (χ3n) is 3.66. The molecule has 4 nitrogen and oxygen atoms in total. The van der Waals surface area contributed by atoms with E-state index in [4.69, 9.17) is 22.1 Å². The third-order valence-corrected chi connectivity index (χ3v) is 6.10. The van der Waals surface area contributed by atoms with Gasteiger partial charge in [-0.05, 0) is 36.4 Å². The summed E-state index contributed by atoms with van der Waals surface area (Å²) in [6.07, 6.45) is 0. The van der Waals surface area contributed by atoms with E-state index in [1.54, 1.807) is 0 Å². The monoisotopic (exact) mass is 359 g/mol. The van der Waals surface area contributed by atoms with Crippen LogP contribution in [0.15, 0.2) is 41.3 Å². The van der Waals surface area contributed by atoms with Crippen LogP contribution in [0.5, 0.6) is 5.75 Å². The minimum absolute atomic E-state index is 0.0705. The van der Waals surface area contributed by atoms with E-state index < -0.39 is 38.5 Å². The van der Waals surface area contributed by atoms with Crippen LogP contribution in [-0.2, 0) is 9.84 Å². The molecule has 2 N–H and O–H groups in total. The highest BCUT2D eigenvalue weighted by Crippen LogP contribution is 2.42. The lowest BCUT2D eigenvalue weighted by Crippen LogP contribution is -2.42. The zero-order valence-corrected chi connectivity index (χ0v) is 13.2. The van der Waals surface area contributed by atoms with E-state index in [2.05, 4.69) is 0 Å². The summed E-state index contributed by atoms with van der Waals surface area (Å²) in [6.45, 7) is -0.231. The minimum Gasteiger partial charge on any atom is -0.488 e. The number of sulfone groups is 1. The smallest absolute Gasteiger partial charge is 0.187 e. The maximum Gasteiger partial charge on any atom is 0.187 e. The number of hydrogen-bond donors (Lipinski definition) is 1. The SMILES string of the molecule is NC1COc2c(F)ccc(F)c2C1S(=O)(=O)c1ccc(Cl)cc1. The van der Waals surface area contributed by atoms with Crippen molar-refractivity contribution < 1.29 is 21.9 Å². The van der Waals surface area contributed by atoms with Crippen LogP contribution >= 0.6 is 11.6 Å². The summed E-state index contributed by atoms with van der Waals surface area (Å²) in [7, 11) is -4.05. The van der Waals surface area contributed by atoms with Crippen LogP contribution in [0.25, 0.3) is 0 Å². The Morgan fingerprint density at radius 3 is 2.35 bits per heavy atom. The molecular formula is C15H12ClF2NO3S. The molecule has 2 unspecified atom stereocenters. The first-order valence-corrected chi connectivity index (χ1v) is 8.60. The molecule has 122 valence electrons. The van der Waals surface area contributed by atoms with Crippen molar-refractivity contribution in [2.24, 2.45) is 5.73 Å². The number of halogens is 3. The highest BCUT2D eigenvalue weighted by atomic mass is 35.5. The summed E-state index contributed by atoms with van der Waals surface area (Å²) in [5.74, 6) is -2.11. The van der Waals surface area contributed by atoms with Crippen molar-refractivity contribution in [2.45, 2.75) is 16.2 Å². The Balaban J connectivity index is 2.20. The van der Waals surface area contributed by atoms with Crippen molar-refractivity contribution in [3.63, 3.8) is 0 Å². The molecule has 0 saturated heterocycles. The summed E-state index contributed by atoms with van der Waals surface area (Å²) in [5.41, 5.74) is 5.47. The van der Waals surface area contributed by atoms with Gasteiger partial charge in [0.05, 0.1) is 16.5 Å². The Hall–Kier alpha value is -1.70. The Kier molecular flexibility index (Phi) is 4.03. The standard InChI is InChI=1S/C15H12ClF2NO3S/c16-8-1-3-9(4-2-8)23(20,21)15-12(19)7-22-14-11(18)6-5-10(17)13(14)15/h1-6,12,15H,7,19H2. The van der Waals surface area contributed by atoms with Crippen molar-refractivity contribution >= 4 is 21.4 Å². The molecule has 8 heteroatoms. The van der Waals surface area contributed by atoms with Crippen LogP contribution in [-0.4, -0.2) is 21.1 Å². The average molecular weight is 360 g/mol. The Morgan fingerprint density at radius 1 is 1.09 bits per heavy atom. The highest BCUT2D eigenvalue weighted by Gasteiger charge is 2.42. The molecule has 1 aliphatic heterocycles. The molecular weight excluding hydrogens is 348 g/mol. The summed E-state index contributed by atoms with van der Waals surface area (Å²) < 4.78 is 58.9. The van der Waals surface area contributed by atoms with E-state index in [0.29, 0.717) is 5.02 Å². The molecule has 0 fully saturated rings. The van der Waals surface area contributed by atoms with Gasteiger partial charge in [-0.3, -0.25) is 0 Å². The lowest BCUT2D eigenvalue weighted by molar-refractivity contribution is 0.241. The molecule has 3 rings (SSSR count). The molecule has 23 heavy (non-hydrogen) atoms. The van der Waals surface area contributed by atoms with Gasteiger partial charge in [-0.25, -0.2) is 17.2 Å². The maximum absolute atomic E-state index is 14.2. The van der Waals surface area contributed by atoms with Gasteiger partial charge in [0, 0.05) is 5.02 Å². The summed E-state index contributed by atoms with van der Waals surface area (Å²) in [4.78, 5) is -0.0705. The predicted octanol–water partition coefficient (Wildman–Crippen LogP) is 2.85. The summed E-state index contributed by atoms with van der Waals surface area (Å²) in [6, 6.07) is 6.13. The lowest BCUT2D eigenvalue weighted by atomic mass is 10.0. The van der Waals surface area contributed by atoms with Gasteiger partial charge in [-0.1, -0.05) is 11.6 Å². The quantitative estimate of drug-likeness (QED) is 0.895. The van der Waals surface area contributed by atoms with Crippen LogP contribution in [0.1, 0.15) is 10.8 Å². The molecule has 2 aromatic carbocycles. The molecule has 0 aromatic heterocycles. The summed E-state index contributed by atoms with van der Waals surface area (Å²) >= 11 is 5.75. The van der Waals surface area contributed by atoms with Crippen LogP contribution < -0.4 is 10.5 Å². The highest BCUT2D eigenvalue weighted by molar-refractivity contribution is 7.91. The molecule has 2 atom stereocenters. The number of benzene rings is 2. The fourth-order valence-corrected chi connectivity index (χ4v) is 4.60. The van der Waals surface area contributed by atoms with Crippen molar-refractivity contribution in [3.05, 3.63) is 58.6 Å². The number of nitrogens with two attached hydrogens (primary N) is 1. The van der Waals surface area contributed by atoms with E-state index in [1.807, 2.05) is 0 Å². The van der Waals surface area contributed by atoms with E-state index in [9.17, 15) is 17.2 Å². The fourth-order valence-electron chi connectivity index (χ4n) is 2.60. The van der Waals surface area contributed by atoms with Crippen molar-refractivity contribution in [2.75, 3.05) is 6.61 Å². The topological polar surface area (TPSA) is 69.4 Å². The Labute approximate surface area is 136 Å². The minimum atomic E-state index is -4.05. The average Bonchev–Trinajstić information content (AvgIpc) is 2.51. The van der Waals surface area contributed by atoms with Gasteiger partial charge >= 0.3 is 0 Å². The molecule has 0 aliphatic carbocycles. The Bertz CT molecular complexity index is 856. The normalized spacial score (nSPS) is 20.7. The molecule has 0 saturated carbocycles. The molecule has 0 bridgehead atoms. The zero-order chi connectivity index (χ0) is 16.8. The van der Waals surface area contributed by atoms with Crippen LogP contribution in [0.4, 0.5) is 8.78 Å². The summed E-state index contributed by atoms with van der Waals surface area (Å²) in [5, 5.41) is -1.08. The number of ether oxygens (including phenoxy) is 1. The van der Waals surface area contributed by atoms with Crippen molar-refractivity contribution in [1.82, 2.24) is 0 Å². The van der Waals surface area contributed by atoms with Gasteiger partial charge in [0.2, 0.25) is 0 Å². The van der Waals surface area contributed by atoms with E-state index in [0.717, 1.165) is 12.1 Å². The zero-order valence-electron chi connectivity index (χ0n) is 11.7. The maximum atomic E-state index is 14.2. The second-order valence-electron chi connectivity index (χ2n) is 5.17. The van der Waals surface area contributed by atoms with E-state index in [-0.39, 0.29) is 17.1 Å². The van der Waals surface area contributed by atoms with Gasteiger partial charge in [-0.2, -0.15) is 0 Å². The first-order chi connectivity index (χ1) is 10.8. The molecule has 0 radical (unpaired) electrons. The van der Waals surface area contributed by atoms with Gasteiger partial charge in [0.15, 0.2) is 21.4 Å². The first-order valence-electron chi connectivity index (χ1n) is 6.68. The van der Waals surface area contributed by atoms with Gasteiger partial charge < -0.3 is 10.5 Å². The van der Waals surface area contributed by atoms with E-state index >= 15 is 0 Å².